The number of hydrogen-bond acceptors (Lipinski definition) is 7. The largest absolute Gasteiger partial charge is 0.472 e. The van der Waals surface area contributed by atoms with E-state index in [2.05, 4.69) is 135 Å². The lowest BCUT2D eigenvalue weighted by Crippen LogP contribution is -2.37. The molecule has 0 rings (SSSR count). The lowest BCUT2D eigenvalue weighted by atomic mass is 10.0. The van der Waals surface area contributed by atoms with E-state index >= 15 is 0 Å². The van der Waals surface area contributed by atoms with Gasteiger partial charge in [-0.3, -0.25) is 18.6 Å². The van der Waals surface area contributed by atoms with E-state index in [4.69, 9.17) is 18.5 Å². The lowest BCUT2D eigenvalue weighted by molar-refractivity contribution is -0.870. The Balaban J connectivity index is 4.04. The Morgan fingerprint density at radius 3 is 0.895 bits per heavy atom. The van der Waals surface area contributed by atoms with Crippen LogP contribution in [0.1, 0.15) is 354 Å². The maximum absolute atomic E-state index is 12.9. The summed E-state index contributed by atoms with van der Waals surface area (Å²) in [6.45, 7) is 4.33. The van der Waals surface area contributed by atoms with E-state index in [0.29, 0.717) is 17.4 Å². The second kappa shape index (κ2) is 74.6. The average molecular weight is 1350 g/mol. The zero-order valence-corrected chi connectivity index (χ0v) is 63.5. The summed E-state index contributed by atoms with van der Waals surface area (Å²) in [6, 6.07) is 0. The molecule has 0 saturated heterocycles. The zero-order chi connectivity index (χ0) is 69.0. The quantitative estimate of drug-likeness (QED) is 0.0211. The third-order valence-corrected chi connectivity index (χ3v) is 18.2. The number of carbonyl (C=O) groups is 2. The monoisotopic (exact) mass is 1350 g/mol. The summed E-state index contributed by atoms with van der Waals surface area (Å²) in [5.74, 6) is -0.820. The molecule has 0 heterocycles. The molecule has 95 heavy (non-hydrogen) atoms. The van der Waals surface area contributed by atoms with Crippen LogP contribution in [0.2, 0.25) is 0 Å². The molecule has 0 radical (unpaired) electrons. The van der Waals surface area contributed by atoms with Gasteiger partial charge in [-0.05, 0) is 89.9 Å². The van der Waals surface area contributed by atoms with Gasteiger partial charge in [0.1, 0.15) is 19.8 Å². The minimum atomic E-state index is -4.41. The maximum Gasteiger partial charge on any atom is 0.472 e. The minimum Gasteiger partial charge on any atom is -0.462 e. The molecule has 548 valence electrons. The first-order valence-electron chi connectivity index (χ1n) is 39.8. The minimum absolute atomic E-state index is 0.0218. The summed E-state index contributed by atoms with van der Waals surface area (Å²) < 4.78 is 34.8. The Kier molecular flexibility index (Phi) is 71.8. The molecule has 0 aromatic carbocycles. The number of carbonyl (C=O) groups excluding carboxylic acids is 2. The first-order chi connectivity index (χ1) is 46.5. The van der Waals surface area contributed by atoms with E-state index in [1.807, 2.05) is 21.1 Å². The fourth-order valence-corrected chi connectivity index (χ4v) is 12.0. The maximum atomic E-state index is 12.9. The van der Waals surface area contributed by atoms with Crippen molar-refractivity contribution in [2.24, 2.45) is 0 Å². The number of hydrogen-bond donors (Lipinski definition) is 1. The van der Waals surface area contributed by atoms with Crippen LogP contribution >= 0.6 is 7.82 Å². The van der Waals surface area contributed by atoms with Crippen LogP contribution < -0.4 is 0 Å². The van der Waals surface area contributed by atoms with Gasteiger partial charge < -0.3 is 18.9 Å². The Hall–Kier alpha value is -3.59. The van der Waals surface area contributed by atoms with Crippen LogP contribution in [0.5, 0.6) is 0 Å². The highest BCUT2D eigenvalue weighted by Gasteiger charge is 2.27. The summed E-state index contributed by atoms with van der Waals surface area (Å²) in [5, 5.41) is 0. The van der Waals surface area contributed by atoms with Crippen molar-refractivity contribution >= 4 is 19.8 Å². The van der Waals surface area contributed by atoms with Crippen LogP contribution in [0.4, 0.5) is 0 Å². The third-order valence-electron chi connectivity index (χ3n) is 17.3. The Labute approximate surface area is 588 Å². The number of quaternary nitrogens is 1. The first kappa shape index (κ1) is 91.4. The number of phosphoric acid groups is 1. The number of likely N-dealkylation sites (N-methyl/N-ethyl adjacent to an activating group) is 1. The second-order valence-corrected chi connectivity index (χ2v) is 29.2. The SMILES string of the molecule is CC/C=C\C/C=C\C/C=C\C/C=C\C/C=C\C/C=C\C/C=C\C/C=C\C/C=C\C/C=C\CCCCCCC(=O)OC(COC(=O)CCCCCCCCCCCCCCCCCCCCCCCCCCCCCCCCCCCCCC)COP(=O)(O)OCC[N+](C)(C)C. The molecule has 1 N–H and O–H groups in total. The summed E-state index contributed by atoms with van der Waals surface area (Å²) in [5.41, 5.74) is 0. The van der Waals surface area contributed by atoms with Gasteiger partial charge >= 0.3 is 19.8 Å². The molecule has 10 heteroatoms. The normalized spacial score (nSPS) is 13.7. The van der Waals surface area contributed by atoms with E-state index in [-0.39, 0.29) is 32.0 Å². The van der Waals surface area contributed by atoms with Crippen molar-refractivity contribution in [2.75, 3.05) is 47.5 Å². The van der Waals surface area contributed by atoms with E-state index < -0.39 is 26.5 Å². The van der Waals surface area contributed by atoms with Crippen LogP contribution in [0, 0.1) is 0 Å². The topological polar surface area (TPSA) is 108 Å². The number of allylic oxidation sites excluding steroid dienone is 20. The van der Waals surface area contributed by atoms with E-state index in [0.717, 1.165) is 109 Å². The highest BCUT2D eigenvalue weighted by atomic mass is 31.2. The van der Waals surface area contributed by atoms with Crippen molar-refractivity contribution in [3.05, 3.63) is 122 Å². The van der Waals surface area contributed by atoms with Crippen LogP contribution in [0.15, 0.2) is 122 Å². The predicted molar refractivity (Wildman–Crippen MR) is 413 cm³/mol. The molecular formula is C85H151NO8P+. The second-order valence-electron chi connectivity index (χ2n) is 27.7. The van der Waals surface area contributed by atoms with Crippen LogP contribution in [0.3, 0.4) is 0 Å². The molecule has 0 aliphatic carbocycles. The molecule has 0 fully saturated rings. The molecule has 0 aromatic rings. The Bertz CT molecular complexity index is 2020. The molecule has 0 aromatic heterocycles. The van der Waals surface area contributed by atoms with Crippen molar-refractivity contribution in [3.63, 3.8) is 0 Å². The van der Waals surface area contributed by atoms with Gasteiger partial charge in [-0.1, -0.05) is 373 Å². The Morgan fingerprint density at radius 1 is 0.337 bits per heavy atom. The molecule has 0 amide bonds. The fraction of sp³-hybridized carbons (Fsp3) is 0.741. The van der Waals surface area contributed by atoms with E-state index in [1.54, 1.807) is 0 Å². The van der Waals surface area contributed by atoms with Crippen molar-refractivity contribution in [2.45, 2.75) is 360 Å². The molecule has 2 unspecified atom stereocenters. The van der Waals surface area contributed by atoms with Crippen LogP contribution in [-0.4, -0.2) is 74.9 Å². The molecule has 0 aliphatic heterocycles. The van der Waals surface area contributed by atoms with Gasteiger partial charge in [0.25, 0.3) is 0 Å². The molecule has 2 atom stereocenters. The smallest absolute Gasteiger partial charge is 0.462 e. The van der Waals surface area contributed by atoms with Gasteiger partial charge in [-0.2, -0.15) is 0 Å². The summed E-state index contributed by atoms with van der Waals surface area (Å²) in [7, 11) is 1.46. The van der Waals surface area contributed by atoms with Gasteiger partial charge in [0.15, 0.2) is 6.10 Å². The average Bonchev–Trinajstić information content (AvgIpc) is 2.16. The van der Waals surface area contributed by atoms with Gasteiger partial charge in [0, 0.05) is 12.8 Å². The van der Waals surface area contributed by atoms with Crippen molar-refractivity contribution in [1.29, 1.82) is 0 Å². The number of unbranched alkanes of at least 4 members (excludes halogenated alkanes) is 39. The van der Waals surface area contributed by atoms with Crippen molar-refractivity contribution < 1.29 is 42.1 Å². The number of ether oxygens (including phenoxy) is 2. The predicted octanol–water partition coefficient (Wildman–Crippen LogP) is 26.6. The zero-order valence-electron chi connectivity index (χ0n) is 62.6. The summed E-state index contributed by atoms with van der Waals surface area (Å²) in [6.07, 6.45) is 108. The standard InChI is InChI=1S/C85H150NO8P/c1-6-8-10-12-14-16-18-20-22-24-26-28-30-32-34-36-38-40-42-44-45-47-49-51-53-55-57-59-61-63-65-67-69-71-73-75-77-84(87)91-81-83(82-93-95(89,90)92-80-79-86(3,4)5)94-85(88)78-76-74-72-70-68-66-64-62-60-58-56-54-52-50-48-46-43-41-39-37-35-33-31-29-27-25-23-21-19-17-15-13-11-9-7-2/h9,11,15,17,21,23,27,29,33,35,39,41,46,48,52,54,58,60,64,66,83H,6-8,10,12-14,16,18-20,22,24-26,28,30-32,34,36-38,40,42-45,47,49-51,53,55-57,59,61-63,65,67-82H2,1-5H3/p+1/b11-9-,17-15-,23-21-,29-27-,35-33-,41-39-,48-46-,54-52-,60-58-,66-64-. The van der Waals surface area contributed by atoms with E-state index in [1.165, 1.54) is 212 Å². The fourth-order valence-electron chi connectivity index (χ4n) is 11.2. The first-order valence-corrected chi connectivity index (χ1v) is 41.3. The summed E-state index contributed by atoms with van der Waals surface area (Å²) >= 11 is 0. The molecule has 9 nitrogen and oxygen atoms in total. The number of phosphoric ester groups is 1. The molecule has 0 bridgehead atoms. The van der Waals surface area contributed by atoms with Crippen LogP contribution in [0.25, 0.3) is 0 Å². The molecular weight excluding hydrogens is 1190 g/mol. The van der Waals surface area contributed by atoms with E-state index in [9.17, 15) is 19.0 Å². The van der Waals surface area contributed by atoms with Crippen LogP contribution in [-0.2, 0) is 32.7 Å². The number of esters is 2. The highest BCUT2D eigenvalue weighted by molar-refractivity contribution is 7.47. The Morgan fingerprint density at radius 2 is 0.600 bits per heavy atom. The number of nitrogens with zero attached hydrogens (tertiary/aromatic N) is 1. The highest BCUT2D eigenvalue weighted by Crippen LogP contribution is 2.43. The van der Waals surface area contributed by atoms with Gasteiger partial charge in [-0.25, -0.2) is 4.57 Å². The van der Waals surface area contributed by atoms with Crippen molar-refractivity contribution in [1.82, 2.24) is 0 Å². The number of rotatable bonds is 73. The molecule has 0 saturated carbocycles. The molecule has 0 aliphatic rings. The van der Waals surface area contributed by atoms with Gasteiger partial charge in [0.2, 0.25) is 0 Å². The molecule has 0 spiro atoms. The lowest BCUT2D eigenvalue weighted by Gasteiger charge is -2.24. The van der Waals surface area contributed by atoms with Crippen molar-refractivity contribution in [3.8, 4) is 0 Å². The third kappa shape index (κ3) is 79.3. The van der Waals surface area contributed by atoms with Gasteiger partial charge in [-0.15, -0.1) is 0 Å². The summed E-state index contributed by atoms with van der Waals surface area (Å²) in [4.78, 5) is 36.0. The van der Waals surface area contributed by atoms with Gasteiger partial charge in [0.05, 0.1) is 27.7 Å².